The van der Waals surface area contributed by atoms with E-state index in [9.17, 15) is 4.79 Å². The van der Waals surface area contributed by atoms with Crippen LogP contribution in [0.1, 0.15) is 51.0 Å². The van der Waals surface area contributed by atoms with Crippen LogP contribution < -0.4 is 9.64 Å². The summed E-state index contributed by atoms with van der Waals surface area (Å²) in [6, 6.07) is 4.47. The SMILES string of the molecule is CC1CCc2c(ccc(-c3cn[nH]c3)c2OC2CCC2)N1C(=O)C1CC1. The number of benzene rings is 1. The summed E-state index contributed by atoms with van der Waals surface area (Å²) in [7, 11) is 0. The van der Waals surface area contributed by atoms with E-state index in [0.717, 1.165) is 61.1 Å². The van der Waals surface area contributed by atoms with Crippen molar-refractivity contribution in [3.8, 4) is 16.9 Å². The zero-order valence-electron chi connectivity index (χ0n) is 15.2. The Balaban J connectivity index is 1.61. The fraction of sp³-hybridized carbons (Fsp3) is 0.524. The molecule has 26 heavy (non-hydrogen) atoms. The van der Waals surface area contributed by atoms with Gasteiger partial charge in [0.25, 0.3) is 0 Å². The van der Waals surface area contributed by atoms with Crippen molar-refractivity contribution in [3.05, 3.63) is 30.1 Å². The molecule has 1 aromatic heterocycles. The number of nitrogens with zero attached hydrogens (tertiary/aromatic N) is 2. The van der Waals surface area contributed by atoms with E-state index in [1.165, 1.54) is 12.0 Å². The minimum atomic E-state index is 0.230. The molecule has 3 aliphatic rings. The van der Waals surface area contributed by atoms with E-state index in [2.05, 4.69) is 29.3 Å². The summed E-state index contributed by atoms with van der Waals surface area (Å²) >= 11 is 0. The molecule has 2 heterocycles. The zero-order chi connectivity index (χ0) is 17.7. The van der Waals surface area contributed by atoms with Gasteiger partial charge in [0.1, 0.15) is 5.75 Å². The van der Waals surface area contributed by atoms with E-state index in [-0.39, 0.29) is 12.0 Å². The van der Waals surface area contributed by atoms with Crippen LogP contribution >= 0.6 is 0 Å². The van der Waals surface area contributed by atoms with E-state index in [1.807, 2.05) is 17.3 Å². The Morgan fingerprint density at radius 1 is 1.23 bits per heavy atom. The molecule has 5 nitrogen and oxygen atoms in total. The average molecular weight is 351 g/mol. The van der Waals surface area contributed by atoms with Gasteiger partial charge >= 0.3 is 0 Å². The Hall–Kier alpha value is -2.30. The first-order valence-electron chi connectivity index (χ1n) is 9.87. The highest BCUT2D eigenvalue weighted by Gasteiger charge is 2.39. The number of aromatic amines is 1. The normalized spacial score (nSPS) is 22.7. The van der Waals surface area contributed by atoms with E-state index in [1.54, 1.807) is 0 Å². The molecule has 136 valence electrons. The second-order valence-electron chi connectivity index (χ2n) is 7.97. The van der Waals surface area contributed by atoms with Crippen LogP contribution in [0.4, 0.5) is 5.69 Å². The number of carbonyl (C=O) groups excluding carboxylic acids is 1. The number of rotatable bonds is 4. The topological polar surface area (TPSA) is 58.2 Å². The van der Waals surface area contributed by atoms with Gasteiger partial charge in [-0.25, -0.2) is 0 Å². The number of hydrogen-bond donors (Lipinski definition) is 1. The van der Waals surface area contributed by atoms with Gasteiger partial charge in [-0.3, -0.25) is 9.89 Å². The van der Waals surface area contributed by atoms with Gasteiger partial charge in [-0.1, -0.05) is 0 Å². The van der Waals surface area contributed by atoms with E-state index >= 15 is 0 Å². The Morgan fingerprint density at radius 2 is 2.08 bits per heavy atom. The molecule has 0 saturated heterocycles. The van der Waals surface area contributed by atoms with Crippen LogP contribution in [0.2, 0.25) is 0 Å². The maximum absolute atomic E-state index is 12.9. The van der Waals surface area contributed by atoms with Crippen molar-refractivity contribution in [2.45, 2.75) is 64.0 Å². The first-order valence-corrected chi connectivity index (χ1v) is 9.87. The highest BCUT2D eigenvalue weighted by atomic mass is 16.5. The number of anilines is 1. The van der Waals surface area contributed by atoms with Crippen LogP contribution in [0.5, 0.6) is 5.75 Å². The third-order valence-corrected chi connectivity index (χ3v) is 6.06. The second-order valence-corrected chi connectivity index (χ2v) is 7.97. The number of H-pyrrole nitrogens is 1. The lowest BCUT2D eigenvalue weighted by Gasteiger charge is -2.38. The molecule has 0 spiro atoms. The van der Waals surface area contributed by atoms with Gasteiger partial charge < -0.3 is 9.64 Å². The molecule has 0 bridgehead atoms. The van der Waals surface area contributed by atoms with Crippen LogP contribution in [0.25, 0.3) is 11.1 Å². The van der Waals surface area contributed by atoms with Crippen molar-refractivity contribution in [3.63, 3.8) is 0 Å². The summed E-state index contributed by atoms with van der Waals surface area (Å²) in [6.07, 6.45) is 11.6. The molecule has 2 aromatic rings. The molecule has 2 aliphatic carbocycles. The largest absolute Gasteiger partial charge is 0.489 e. The molecular weight excluding hydrogens is 326 g/mol. The maximum atomic E-state index is 12.9. The zero-order valence-corrected chi connectivity index (χ0v) is 15.2. The second kappa shape index (κ2) is 6.15. The van der Waals surface area contributed by atoms with E-state index in [0.29, 0.717) is 12.0 Å². The quantitative estimate of drug-likeness (QED) is 0.903. The first kappa shape index (κ1) is 15.9. The predicted octanol–water partition coefficient (Wildman–Crippen LogP) is 4.09. The third kappa shape index (κ3) is 2.61. The lowest BCUT2D eigenvalue weighted by atomic mass is 9.91. The van der Waals surface area contributed by atoms with Crippen molar-refractivity contribution in [1.29, 1.82) is 0 Å². The minimum Gasteiger partial charge on any atom is -0.489 e. The number of hydrogen-bond acceptors (Lipinski definition) is 3. The maximum Gasteiger partial charge on any atom is 0.230 e. The van der Waals surface area contributed by atoms with Gasteiger partial charge in [0.15, 0.2) is 0 Å². The summed E-state index contributed by atoms with van der Waals surface area (Å²) < 4.78 is 6.46. The fourth-order valence-corrected chi connectivity index (χ4v) is 4.08. The van der Waals surface area contributed by atoms with Crippen LogP contribution in [0.3, 0.4) is 0 Å². The molecule has 5 heteroatoms. The molecule has 2 saturated carbocycles. The first-order chi connectivity index (χ1) is 12.7. The Bertz CT molecular complexity index is 822. The lowest BCUT2D eigenvalue weighted by molar-refractivity contribution is -0.120. The van der Waals surface area contributed by atoms with Crippen molar-refractivity contribution >= 4 is 11.6 Å². The standard InChI is InChI=1S/C21H25N3O2/c1-13-5-8-18-19(24(13)21(25)14-6-7-14)10-9-17(15-11-22-23-12-15)20(18)26-16-3-2-4-16/h9-14,16H,2-8H2,1H3,(H,22,23). The number of carbonyl (C=O) groups is 1. The van der Waals surface area contributed by atoms with Gasteiger partial charge in [-0.2, -0.15) is 5.10 Å². The summed E-state index contributed by atoms with van der Waals surface area (Å²) in [5.41, 5.74) is 4.38. The van der Waals surface area contributed by atoms with Crippen LogP contribution in [0.15, 0.2) is 24.5 Å². The Labute approximate surface area is 153 Å². The fourth-order valence-electron chi connectivity index (χ4n) is 4.08. The molecule has 1 N–H and O–H groups in total. The smallest absolute Gasteiger partial charge is 0.230 e. The molecular formula is C21H25N3O2. The van der Waals surface area contributed by atoms with Crippen molar-refractivity contribution in [2.24, 2.45) is 5.92 Å². The molecule has 0 radical (unpaired) electrons. The monoisotopic (exact) mass is 351 g/mol. The number of amides is 1. The summed E-state index contributed by atoms with van der Waals surface area (Å²) in [4.78, 5) is 15.0. The molecule has 1 atom stereocenters. The van der Waals surface area contributed by atoms with Gasteiger partial charge in [0.05, 0.1) is 18.0 Å². The number of nitrogens with one attached hydrogen (secondary N) is 1. The van der Waals surface area contributed by atoms with E-state index < -0.39 is 0 Å². The van der Waals surface area contributed by atoms with Crippen molar-refractivity contribution in [1.82, 2.24) is 10.2 Å². The Kier molecular flexibility index (Phi) is 3.76. The minimum absolute atomic E-state index is 0.230. The highest BCUT2D eigenvalue weighted by Crippen LogP contribution is 2.46. The highest BCUT2D eigenvalue weighted by molar-refractivity contribution is 5.99. The number of ether oxygens (including phenoxy) is 1. The van der Waals surface area contributed by atoms with Crippen LogP contribution in [-0.4, -0.2) is 28.3 Å². The average Bonchev–Trinajstić information content (AvgIpc) is 3.32. The third-order valence-electron chi connectivity index (χ3n) is 6.06. The number of fused-ring (bicyclic) bond motifs is 1. The molecule has 1 aromatic carbocycles. The predicted molar refractivity (Wildman–Crippen MR) is 100 cm³/mol. The molecule has 1 amide bonds. The van der Waals surface area contributed by atoms with Crippen molar-refractivity contribution in [2.75, 3.05) is 4.90 Å². The van der Waals surface area contributed by atoms with E-state index in [4.69, 9.17) is 4.74 Å². The van der Waals surface area contributed by atoms with Crippen molar-refractivity contribution < 1.29 is 9.53 Å². The summed E-state index contributed by atoms with van der Waals surface area (Å²) in [5.74, 6) is 1.49. The van der Waals surface area contributed by atoms with Gasteiger partial charge in [0.2, 0.25) is 5.91 Å². The molecule has 2 fully saturated rings. The van der Waals surface area contributed by atoms with Crippen LogP contribution in [-0.2, 0) is 11.2 Å². The number of aromatic nitrogens is 2. The lowest BCUT2D eigenvalue weighted by Crippen LogP contribution is -2.43. The molecule has 1 aliphatic heterocycles. The van der Waals surface area contributed by atoms with Crippen LogP contribution in [0, 0.1) is 5.92 Å². The molecule has 1 unspecified atom stereocenters. The van der Waals surface area contributed by atoms with Gasteiger partial charge in [-0.05, 0) is 64.0 Å². The van der Waals surface area contributed by atoms with Gasteiger partial charge in [-0.15, -0.1) is 0 Å². The summed E-state index contributed by atoms with van der Waals surface area (Å²) in [6.45, 7) is 2.17. The Morgan fingerprint density at radius 3 is 2.73 bits per heavy atom. The summed E-state index contributed by atoms with van der Waals surface area (Å²) in [5, 5.41) is 7.01. The van der Waals surface area contributed by atoms with Gasteiger partial charge in [0, 0.05) is 34.8 Å². The molecule has 5 rings (SSSR count).